The van der Waals surface area contributed by atoms with Crippen LogP contribution in [0.2, 0.25) is 5.02 Å². The Morgan fingerprint density at radius 3 is 2.72 bits per heavy atom. The minimum Gasteiger partial charge on any atom is -0.369 e. The first-order valence-corrected chi connectivity index (χ1v) is 6.45. The van der Waals surface area contributed by atoms with Crippen molar-refractivity contribution in [2.45, 2.75) is 18.9 Å². The van der Waals surface area contributed by atoms with E-state index in [9.17, 15) is 4.79 Å². The second-order valence-electron chi connectivity index (χ2n) is 4.75. The summed E-state index contributed by atoms with van der Waals surface area (Å²) in [5.41, 5.74) is 12.4. The minimum atomic E-state index is -0.506. The highest BCUT2D eigenvalue weighted by Gasteiger charge is 2.34. The average molecular weight is 268 g/mol. The van der Waals surface area contributed by atoms with Crippen molar-refractivity contribution in [3.8, 4) is 0 Å². The quantitative estimate of drug-likeness (QED) is 0.851. The van der Waals surface area contributed by atoms with Crippen molar-refractivity contribution >= 4 is 23.2 Å². The van der Waals surface area contributed by atoms with Gasteiger partial charge in [0.05, 0.1) is 16.3 Å². The molecular weight excluding hydrogens is 250 g/mol. The molecule has 0 aliphatic heterocycles. The SMILES string of the molecule is CN(c1cccc(Cl)c1C(N)=O)C(CN)C1CC1. The van der Waals surface area contributed by atoms with Gasteiger partial charge in [-0.05, 0) is 30.9 Å². The fraction of sp³-hybridized carbons (Fsp3) is 0.462. The van der Waals surface area contributed by atoms with E-state index in [1.807, 2.05) is 24.1 Å². The molecule has 98 valence electrons. The van der Waals surface area contributed by atoms with Crippen molar-refractivity contribution in [3.05, 3.63) is 28.8 Å². The number of carbonyl (C=O) groups excluding carboxylic acids is 1. The van der Waals surface area contributed by atoms with Gasteiger partial charge in [-0.1, -0.05) is 17.7 Å². The van der Waals surface area contributed by atoms with Crippen LogP contribution in [0.3, 0.4) is 0 Å². The third-order valence-electron chi connectivity index (χ3n) is 3.52. The molecule has 0 spiro atoms. The third kappa shape index (κ3) is 2.44. The molecule has 1 aromatic rings. The van der Waals surface area contributed by atoms with Crippen LogP contribution in [0.15, 0.2) is 18.2 Å². The Hall–Kier alpha value is -1.26. The van der Waals surface area contributed by atoms with Gasteiger partial charge in [-0.3, -0.25) is 4.79 Å². The predicted molar refractivity (Wildman–Crippen MR) is 73.9 cm³/mol. The van der Waals surface area contributed by atoms with E-state index in [4.69, 9.17) is 23.1 Å². The van der Waals surface area contributed by atoms with Crippen molar-refractivity contribution in [3.63, 3.8) is 0 Å². The lowest BCUT2D eigenvalue weighted by Crippen LogP contribution is -2.40. The Morgan fingerprint density at radius 2 is 2.22 bits per heavy atom. The highest BCUT2D eigenvalue weighted by Crippen LogP contribution is 2.37. The third-order valence-corrected chi connectivity index (χ3v) is 3.84. The maximum absolute atomic E-state index is 11.5. The van der Waals surface area contributed by atoms with Gasteiger partial charge in [0.15, 0.2) is 0 Å². The zero-order chi connectivity index (χ0) is 13.3. The average Bonchev–Trinajstić information content (AvgIpc) is 3.13. The standard InChI is InChI=1S/C13H18ClN3O/c1-17(11(7-15)8-5-6-8)10-4-2-3-9(14)12(10)13(16)18/h2-4,8,11H,5-7,15H2,1H3,(H2,16,18). The molecule has 0 aromatic heterocycles. The van der Waals surface area contributed by atoms with Gasteiger partial charge in [0.2, 0.25) is 0 Å². The van der Waals surface area contributed by atoms with Crippen LogP contribution in [0, 0.1) is 5.92 Å². The topological polar surface area (TPSA) is 72.3 Å². The fourth-order valence-electron chi connectivity index (χ4n) is 2.38. The Labute approximate surface area is 112 Å². The van der Waals surface area contributed by atoms with Gasteiger partial charge in [0.1, 0.15) is 0 Å². The van der Waals surface area contributed by atoms with E-state index in [1.165, 1.54) is 12.8 Å². The van der Waals surface area contributed by atoms with Gasteiger partial charge in [0.25, 0.3) is 5.91 Å². The van der Waals surface area contributed by atoms with E-state index in [0.29, 0.717) is 23.0 Å². The number of likely N-dealkylation sites (N-methyl/N-ethyl adjacent to an activating group) is 1. The number of amides is 1. The predicted octanol–water partition coefficient (Wildman–Crippen LogP) is 1.61. The molecule has 5 heteroatoms. The molecule has 2 rings (SSSR count). The normalized spacial score (nSPS) is 16.4. The molecule has 1 atom stereocenters. The fourth-order valence-corrected chi connectivity index (χ4v) is 2.64. The van der Waals surface area contributed by atoms with Crippen LogP contribution < -0.4 is 16.4 Å². The van der Waals surface area contributed by atoms with E-state index in [2.05, 4.69) is 0 Å². The van der Waals surface area contributed by atoms with Gasteiger partial charge in [0, 0.05) is 19.6 Å². The monoisotopic (exact) mass is 267 g/mol. The minimum absolute atomic E-state index is 0.238. The molecule has 1 aliphatic carbocycles. The number of nitrogens with two attached hydrogens (primary N) is 2. The number of hydrogen-bond acceptors (Lipinski definition) is 3. The largest absolute Gasteiger partial charge is 0.369 e. The summed E-state index contributed by atoms with van der Waals surface area (Å²) in [6.07, 6.45) is 2.39. The van der Waals surface area contributed by atoms with Gasteiger partial charge in [-0.25, -0.2) is 0 Å². The van der Waals surface area contributed by atoms with E-state index in [1.54, 1.807) is 6.07 Å². The maximum Gasteiger partial charge on any atom is 0.252 e. The number of rotatable bonds is 5. The molecule has 1 saturated carbocycles. The highest BCUT2D eigenvalue weighted by atomic mass is 35.5. The summed E-state index contributed by atoms with van der Waals surface area (Å²) < 4.78 is 0. The summed E-state index contributed by atoms with van der Waals surface area (Å²) >= 11 is 6.05. The summed E-state index contributed by atoms with van der Waals surface area (Å²) in [5, 5.41) is 0.387. The molecule has 1 fully saturated rings. The smallest absolute Gasteiger partial charge is 0.252 e. The van der Waals surface area contributed by atoms with Gasteiger partial charge >= 0.3 is 0 Å². The molecule has 4 N–H and O–H groups in total. The van der Waals surface area contributed by atoms with E-state index < -0.39 is 5.91 Å². The molecule has 1 aliphatic rings. The molecule has 1 aromatic carbocycles. The second-order valence-corrected chi connectivity index (χ2v) is 5.16. The molecule has 0 heterocycles. The zero-order valence-electron chi connectivity index (χ0n) is 10.4. The summed E-state index contributed by atoms with van der Waals surface area (Å²) in [6.45, 7) is 0.561. The van der Waals surface area contributed by atoms with E-state index in [0.717, 1.165) is 5.69 Å². The lowest BCUT2D eigenvalue weighted by Gasteiger charge is -2.30. The number of carbonyl (C=O) groups is 1. The van der Waals surface area contributed by atoms with Crippen molar-refractivity contribution in [2.24, 2.45) is 17.4 Å². The van der Waals surface area contributed by atoms with Crippen molar-refractivity contribution in [1.29, 1.82) is 0 Å². The maximum atomic E-state index is 11.5. The molecule has 0 bridgehead atoms. The Morgan fingerprint density at radius 1 is 1.56 bits per heavy atom. The molecular formula is C13H18ClN3O. The number of halogens is 1. The van der Waals surface area contributed by atoms with Crippen LogP contribution >= 0.6 is 11.6 Å². The number of benzene rings is 1. The van der Waals surface area contributed by atoms with Crippen LogP contribution in [0.25, 0.3) is 0 Å². The van der Waals surface area contributed by atoms with Crippen molar-refractivity contribution in [2.75, 3.05) is 18.5 Å². The highest BCUT2D eigenvalue weighted by molar-refractivity contribution is 6.34. The number of hydrogen-bond donors (Lipinski definition) is 2. The molecule has 18 heavy (non-hydrogen) atoms. The molecule has 4 nitrogen and oxygen atoms in total. The van der Waals surface area contributed by atoms with Gasteiger partial charge in [-0.2, -0.15) is 0 Å². The second kappa shape index (κ2) is 5.16. The van der Waals surface area contributed by atoms with Gasteiger partial charge in [-0.15, -0.1) is 0 Å². The molecule has 0 saturated heterocycles. The van der Waals surface area contributed by atoms with Crippen LogP contribution in [0.4, 0.5) is 5.69 Å². The summed E-state index contributed by atoms with van der Waals surface area (Å²) in [6, 6.07) is 5.59. The van der Waals surface area contributed by atoms with Crippen LogP contribution in [-0.2, 0) is 0 Å². The first kappa shape index (κ1) is 13.2. The summed E-state index contributed by atoms with van der Waals surface area (Å²) in [4.78, 5) is 13.6. The summed E-state index contributed by atoms with van der Waals surface area (Å²) in [5.74, 6) is 0.105. The van der Waals surface area contributed by atoms with Crippen LogP contribution in [-0.4, -0.2) is 25.5 Å². The van der Waals surface area contributed by atoms with E-state index >= 15 is 0 Å². The Balaban J connectivity index is 2.37. The zero-order valence-corrected chi connectivity index (χ0v) is 11.2. The molecule has 0 radical (unpaired) electrons. The number of primary amides is 1. The molecule has 1 unspecified atom stereocenters. The lowest BCUT2D eigenvalue weighted by atomic mass is 10.1. The van der Waals surface area contributed by atoms with E-state index in [-0.39, 0.29) is 6.04 Å². The van der Waals surface area contributed by atoms with Crippen molar-refractivity contribution < 1.29 is 4.79 Å². The Kier molecular flexibility index (Phi) is 3.78. The lowest BCUT2D eigenvalue weighted by molar-refractivity contribution is 0.100. The number of nitrogens with zero attached hydrogens (tertiary/aromatic N) is 1. The Bertz CT molecular complexity index is 460. The van der Waals surface area contributed by atoms with Gasteiger partial charge < -0.3 is 16.4 Å². The van der Waals surface area contributed by atoms with Crippen LogP contribution in [0.1, 0.15) is 23.2 Å². The van der Waals surface area contributed by atoms with Crippen molar-refractivity contribution in [1.82, 2.24) is 0 Å². The summed E-state index contributed by atoms with van der Waals surface area (Å²) in [7, 11) is 1.94. The molecule has 1 amide bonds. The number of anilines is 1. The van der Waals surface area contributed by atoms with Crippen LogP contribution in [0.5, 0.6) is 0 Å². The first-order valence-electron chi connectivity index (χ1n) is 6.07. The first-order chi connectivity index (χ1) is 8.56.